The van der Waals surface area contributed by atoms with Crippen molar-refractivity contribution in [2.45, 2.75) is 6.42 Å². The number of rotatable bonds is 3. The highest BCUT2D eigenvalue weighted by atomic mass is 79.9. The molecular formula is C18H15BrN4O3. The Kier molecular flexibility index (Phi) is 4.12. The second-order valence-corrected chi connectivity index (χ2v) is 6.77. The Morgan fingerprint density at radius 2 is 2.12 bits per heavy atom. The van der Waals surface area contributed by atoms with Gasteiger partial charge in [-0.1, -0.05) is 15.9 Å². The number of carbonyl (C=O) groups excluding carboxylic acids is 1. The van der Waals surface area contributed by atoms with E-state index in [1.807, 2.05) is 0 Å². The molecular weight excluding hydrogens is 400 g/mol. The third-order valence-electron chi connectivity index (χ3n) is 4.24. The molecule has 3 aromatic rings. The average molecular weight is 415 g/mol. The molecule has 1 aliphatic rings. The second kappa shape index (κ2) is 6.45. The Hall–Kier alpha value is -2.87. The molecule has 132 valence electrons. The predicted molar refractivity (Wildman–Crippen MR) is 99.2 cm³/mol. The summed E-state index contributed by atoms with van der Waals surface area (Å²) in [5.41, 5.74) is 3.36. The fourth-order valence-corrected chi connectivity index (χ4v) is 3.41. The quantitative estimate of drug-likeness (QED) is 0.611. The van der Waals surface area contributed by atoms with Gasteiger partial charge in [0.15, 0.2) is 17.3 Å². The number of phenolic OH excluding ortho intramolecular Hbond substituents is 1. The van der Waals surface area contributed by atoms with E-state index in [0.717, 1.165) is 22.3 Å². The lowest BCUT2D eigenvalue weighted by molar-refractivity contribution is 0.0946. The maximum atomic E-state index is 12.0. The third kappa shape index (κ3) is 2.82. The zero-order valence-corrected chi connectivity index (χ0v) is 15.4. The van der Waals surface area contributed by atoms with Gasteiger partial charge in [0.05, 0.1) is 29.6 Å². The maximum absolute atomic E-state index is 12.0. The van der Waals surface area contributed by atoms with Crippen LogP contribution in [0.4, 0.5) is 0 Å². The Bertz CT molecular complexity index is 1020. The van der Waals surface area contributed by atoms with Crippen molar-refractivity contribution < 1.29 is 14.6 Å². The normalized spacial score (nSPS) is 13.2. The lowest BCUT2D eigenvalue weighted by atomic mass is 10.1. The summed E-state index contributed by atoms with van der Waals surface area (Å²) < 4.78 is 5.92. The summed E-state index contributed by atoms with van der Waals surface area (Å²) in [5.74, 6) is 0.572. The van der Waals surface area contributed by atoms with Crippen LogP contribution in [0.5, 0.6) is 11.5 Å². The Morgan fingerprint density at radius 3 is 2.88 bits per heavy atom. The largest absolute Gasteiger partial charge is 0.504 e. The highest BCUT2D eigenvalue weighted by Crippen LogP contribution is 2.38. The minimum Gasteiger partial charge on any atom is -0.504 e. The van der Waals surface area contributed by atoms with Gasteiger partial charge in [-0.2, -0.15) is 0 Å². The molecule has 1 amide bonds. The molecule has 3 N–H and O–H groups in total. The number of carbonyl (C=O) groups is 1. The van der Waals surface area contributed by atoms with Crippen molar-refractivity contribution in [3.05, 3.63) is 46.2 Å². The van der Waals surface area contributed by atoms with Crippen molar-refractivity contribution >= 4 is 21.8 Å². The molecule has 0 radical (unpaired) electrons. The average Bonchev–Trinajstić information content (AvgIpc) is 3.09. The van der Waals surface area contributed by atoms with Gasteiger partial charge in [-0.15, -0.1) is 0 Å². The number of nitrogens with one attached hydrogen (secondary N) is 2. The van der Waals surface area contributed by atoms with Crippen LogP contribution < -0.4 is 10.1 Å². The number of phenols is 1. The summed E-state index contributed by atoms with van der Waals surface area (Å²) in [6.45, 7) is 0.618. The molecule has 0 bridgehead atoms. The highest BCUT2D eigenvalue weighted by Gasteiger charge is 2.21. The number of aromatic nitrogens is 3. The lowest BCUT2D eigenvalue weighted by Crippen LogP contribution is -2.31. The van der Waals surface area contributed by atoms with Crippen molar-refractivity contribution in [1.82, 2.24) is 20.3 Å². The van der Waals surface area contributed by atoms with Crippen LogP contribution in [0.25, 0.3) is 22.8 Å². The molecule has 0 atom stereocenters. The molecule has 0 spiro atoms. The number of fused-ring (bicyclic) bond motifs is 1. The molecule has 4 rings (SSSR count). The third-order valence-corrected chi connectivity index (χ3v) is 4.69. The number of halogens is 1. The first kappa shape index (κ1) is 16.6. The van der Waals surface area contributed by atoms with E-state index in [1.54, 1.807) is 30.5 Å². The zero-order chi connectivity index (χ0) is 18.3. The summed E-state index contributed by atoms with van der Waals surface area (Å²) in [4.78, 5) is 24.0. The second-order valence-electron chi connectivity index (χ2n) is 5.85. The van der Waals surface area contributed by atoms with Gasteiger partial charge in [-0.05, 0) is 24.3 Å². The van der Waals surface area contributed by atoms with E-state index in [0.29, 0.717) is 34.9 Å². The van der Waals surface area contributed by atoms with Gasteiger partial charge in [0.2, 0.25) is 0 Å². The number of amides is 1. The molecule has 1 aromatic carbocycles. The van der Waals surface area contributed by atoms with Gasteiger partial charge in [-0.3, -0.25) is 4.79 Å². The molecule has 26 heavy (non-hydrogen) atoms. The van der Waals surface area contributed by atoms with E-state index in [4.69, 9.17) is 4.74 Å². The maximum Gasteiger partial charge on any atom is 0.253 e. The van der Waals surface area contributed by atoms with E-state index >= 15 is 0 Å². The Labute approximate surface area is 157 Å². The van der Waals surface area contributed by atoms with Gasteiger partial charge in [0.1, 0.15) is 0 Å². The van der Waals surface area contributed by atoms with Gasteiger partial charge >= 0.3 is 0 Å². The van der Waals surface area contributed by atoms with E-state index in [2.05, 4.69) is 36.2 Å². The summed E-state index contributed by atoms with van der Waals surface area (Å²) in [5, 5.41) is 13.2. The van der Waals surface area contributed by atoms with Gasteiger partial charge in [0, 0.05) is 29.3 Å². The van der Waals surface area contributed by atoms with Crippen molar-refractivity contribution in [2.24, 2.45) is 0 Å². The molecule has 3 heterocycles. The first-order valence-electron chi connectivity index (χ1n) is 7.97. The van der Waals surface area contributed by atoms with Crippen LogP contribution in [0.3, 0.4) is 0 Å². The van der Waals surface area contributed by atoms with Crippen molar-refractivity contribution in [2.75, 3.05) is 13.7 Å². The number of hydrogen-bond donors (Lipinski definition) is 3. The fourth-order valence-electron chi connectivity index (χ4n) is 2.97. The summed E-state index contributed by atoms with van der Waals surface area (Å²) in [6, 6.07) is 6.94. The molecule has 7 nitrogen and oxygen atoms in total. The highest BCUT2D eigenvalue weighted by molar-refractivity contribution is 9.10. The van der Waals surface area contributed by atoms with E-state index < -0.39 is 0 Å². The van der Waals surface area contributed by atoms with Crippen molar-refractivity contribution in [1.29, 1.82) is 0 Å². The minimum atomic E-state index is -0.0857. The van der Waals surface area contributed by atoms with Crippen LogP contribution in [0.15, 0.2) is 34.9 Å². The number of nitrogens with zero attached hydrogens (tertiary/aromatic N) is 2. The smallest absolute Gasteiger partial charge is 0.253 e. The molecule has 0 saturated heterocycles. The first-order chi connectivity index (χ1) is 12.6. The van der Waals surface area contributed by atoms with Crippen LogP contribution in [-0.4, -0.2) is 39.6 Å². The zero-order valence-electron chi connectivity index (χ0n) is 13.8. The molecule has 0 unspecified atom stereocenters. The summed E-state index contributed by atoms with van der Waals surface area (Å²) in [7, 11) is 1.48. The molecule has 1 aliphatic heterocycles. The van der Waals surface area contributed by atoms with Crippen LogP contribution >= 0.6 is 15.9 Å². The molecule has 2 aromatic heterocycles. The van der Waals surface area contributed by atoms with Crippen molar-refractivity contribution in [3.63, 3.8) is 0 Å². The monoisotopic (exact) mass is 414 g/mol. The lowest BCUT2D eigenvalue weighted by Gasteiger charge is -2.11. The van der Waals surface area contributed by atoms with Crippen LogP contribution in [-0.2, 0) is 6.42 Å². The predicted octanol–water partition coefficient (Wildman–Crippen LogP) is 2.90. The number of H-pyrrole nitrogens is 1. The molecule has 0 saturated carbocycles. The van der Waals surface area contributed by atoms with Gasteiger partial charge < -0.3 is 20.1 Å². The SMILES string of the molecule is COc1cc(Br)cc(-c2nccc(-c3cc4c([nH]3)CCNC4=O)n2)c1O. The number of methoxy groups -OCH3 is 1. The van der Waals surface area contributed by atoms with Gasteiger partial charge in [-0.25, -0.2) is 9.97 Å². The topological polar surface area (TPSA) is 100 Å². The standard InChI is InChI=1S/C18H15BrN4O3/c1-26-15-7-9(19)6-11(16(15)24)17-20-4-3-13(23-17)14-8-10-12(22-14)2-5-21-18(10)25/h3-4,6-8,22,24H,2,5H2,1H3,(H,21,25). The number of aromatic amines is 1. The van der Waals surface area contributed by atoms with Gasteiger partial charge in [0.25, 0.3) is 5.91 Å². The van der Waals surface area contributed by atoms with Crippen LogP contribution in [0.2, 0.25) is 0 Å². The summed E-state index contributed by atoms with van der Waals surface area (Å²) >= 11 is 3.40. The van der Waals surface area contributed by atoms with Crippen LogP contribution in [0, 0.1) is 0 Å². The number of benzene rings is 1. The number of aromatic hydroxyl groups is 1. The number of hydrogen-bond acceptors (Lipinski definition) is 5. The Balaban J connectivity index is 1.79. The number of ether oxygens (including phenoxy) is 1. The molecule has 0 fully saturated rings. The first-order valence-corrected chi connectivity index (χ1v) is 8.76. The fraction of sp³-hybridized carbons (Fsp3) is 0.167. The Morgan fingerprint density at radius 1 is 1.27 bits per heavy atom. The molecule has 8 heteroatoms. The summed E-state index contributed by atoms with van der Waals surface area (Å²) in [6.07, 6.45) is 2.37. The van der Waals surface area contributed by atoms with E-state index in [-0.39, 0.29) is 11.7 Å². The minimum absolute atomic E-state index is 0.0296. The van der Waals surface area contributed by atoms with E-state index in [9.17, 15) is 9.90 Å². The molecule has 0 aliphatic carbocycles. The van der Waals surface area contributed by atoms with E-state index in [1.165, 1.54) is 7.11 Å². The van der Waals surface area contributed by atoms with Crippen LogP contribution in [0.1, 0.15) is 16.1 Å². The van der Waals surface area contributed by atoms with Crippen molar-refractivity contribution in [3.8, 4) is 34.3 Å².